The lowest BCUT2D eigenvalue weighted by Crippen LogP contribution is -2.33. The van der Waals surface area contributed by atoms with Crippen LogP contribution in [0.15, 0.2) is 0 Å². The number of rotatable bonds is 0. The van der Waals surface area contributed by atoms with E-state index in [-0.39, 0.29) is 23.4 Å². The van der Waals surface area contributed by atoms with Crippen molar-refractivity contribution < 1.29 is 19.2 Å². The first-order chi connectivity index (χ1) is 2.00. The normalized spacial score (nSPS) is 8.57. The maximum Gasteiger partial charge on any atom is 0.668 e. The Labute approximate surface area is 52.4 Å². The van der Waals surface area contributed by atoms with Crippen LogP contribution in [0, 0.1) is 0 Å². The van der Waals surface area contributed by atoms with E-state index < -0.39 is 9.05 Å². The van der Waals surface area contributed by atoms with Crippen molar-refractivity contribution in [1.82, 2.24) is 0 Å². The van der Waals surface area contributed by atoms with Crippen LogP contribution in [-0.2, 0) is 0 Å². The summed E-state index contributed by atoms with van der Waals surface area (Å²) in [6.45, 7) is 0. The van der Waals surface area contributed by atoms with Crippen molar-refractivity contribution in [2.75, 3.05) is 0 Å². The molecule has 0 saturated carbocycles. The van der Waals surface area contributed by atoms with E-state index in [2.05, 4.69) is 0 Å². The van der Waals surface area contributed by atoms with Gasteiger partial charge in [-0.05, 0) is 11.0 Å². The molecule has 0 bridgehead atoms. The Kier molecular flexibility index (Phi) is 10.5. The predicted molar refractivity (Wildman–Crippen MR) is 33.2 cm³/mol. The predicted octanol–water partition coefficient (Wildman–Crippen LogP) is -3.64. The SMILES string of the molecule is Cl.O[Si](O)(O)O.[SiH4]. The fourth-order valence-electron chi connectivity index (χ4n) is 0. The minimum Gasteiger partial charge on any atom is -0.368 e. The third kappa shape index (κ3) is 430. The fourth-order valence-corrected chi connectivity index (χ4v) is 0. The quantitative estimate of drug-likeness (QED) is 0.279. The Bertz CT molecular complexity index is 25.2. The molecule has 0 rings (SSSR count). The molecule has 0 aliphatic heterocycles. The Morgan fingerprint density at radius 1 is 0.857 bits per heavy atom. The van der Waals surface area contributed by atoms with Gasteiger partial charge in [-0.15, -0.1) is 12.4 Å². The number of hydrogen-bond acceptors (Lipinski definition) is 4. The highest BCUT2D eigenvalue weighted by Crippen LogP contribution is 1.67. The smallest absolute Gasteiger partial charge is 0.368 e. The van der Waals surface area contributed by atoms with Crippen LogP contribution in [0.2, 0.25) is 0 Å². The topological polar surface area (TPSA) is 80.9 Å². The van der Waals surface area contributed by atoms with Crippen LogP contribution in [0.1, 0.15) is 0 Å². The van der Waals surface area contributed by atoms with Crippen molar-refractivity contribution in [3.05, 3.63) is 0 Å². The molecule has 0 aromatic heterocycles. The molecule has 4 nitrogen and oxygen atoms in total. The Morgan fingerprint density at radius 3 is 0.857 bits per heavy atom. The number of hydrogen-bond donors (Lipinski definition) is 4. The van der Waals surface area contributed by atoms with E-state index in [0.29, 0.717) is 0 Å². The highest BCUT2D eigenvalue weighted by molar-refractivity contribution is 6.46. The van der Waals surface area contributed by atoms with Crippen LogP contribution in [0.25, 0.3) is 0 Å². The Hall–Kier alpha value is 0.564. The van der Waals surface area contributed by atoms with Crippen LogP contribution in [0.4, 0.5) is 0 Å². The molecular formula is H9ClO4Si2. The second-order valence-electron chi connectivity index (χ2n) is 0.600. The van der Waals surface area contributed by atoms with Gasteiger partial charge in [-0.3, -0.25) is 0 Å². The minimum absolute atomic E-state index is 0. The molecular weight excluding hydrogens is 156 g/mol. The molecule has 0 spiro atoms. The van der Waals surface area contributed by atoms with E-state index in [9.17, 15) is 0 Å². The zero-order valence-corrected chi connectivity index (χ0v) is 4.51. The van der Waals surface area contributed by atoms with E-state index in [1.165, 1.54) is 0 Å². The molecule has 0 heterocycles. The van der Waals surface area contributed by atoms with Crippen molar-refractivity contribution in [2.24, 2.45) is 0 Å². The summed E-state index contributed by atoms with van der Waals surface area (Å²) in [6, 6.07) is 0. The van der Waals surface area contributed by atoms with Crippen molar-refractivity contribution in [3.8, 4) is 0 Å². The van der Waals surface area contributed by atoms with Gasteiger partial charge in [-0.2, -0.15) is 0 Å². The van der Waals surface area contributed by atoms with Gasteiger partial charge in [0.2, 0.25) is 0 Å². The molecule has 0 unspecified atom stereocenters. The molecule has 0 amide bonds. The molecule has 0 fully saturated rings. The maximum absolute atomic E-state index is 7.33. The van der Waals surface area contributed by atoms with Gasteiger partial charge < -0.3 is 19.2 Å². The second kappa shape index (κ2) is 4.72. The molecule has 0 aliphatic carbocycles. The van der Waals surface area contributed by atoms with Gasteiger partial charge in [0.1, 0.15) is 0 Å². The first-order valence-electron chi connectivity index (χ1n) is 0.894. The largest absolute Gasteiger partial charge is 0.668 e. The standard InChI is InChI=1S/ClH.H4O4Si.H4Si/c;1-5(2,3)4;/h1H;1-4H;1H4. The lowest BCUT2D eigenvalue weighted by Gasteiger charge is -1.91. The average Bonchev–Trinajstić information content (AvgIpc) is 0.722. The molecule has 7 heteroatoms. The maximum atomic E-state index is 7.33. The number of halogens is 1. The van der Waals surface area contributed by atoms with Crippen LogP contribution in [-0.4, -0.2) is 39.2 Å². The summed E-state index contributed by atoms with van der Waals surface area (Å²) in [5.74, 6) is 0. The highest BCUT2D eigenvalue weighted by atomic mass is 35.5. The second-order valence-corrected chi connectivity index (χ2v) is 1.80. The van der Waals surface area contributed by atoms with Gasteiger partial charge in [0, 0.05) is 0 Å². The summed E-state index contributed by atoms with van der Waals surface area (Å²) in [7, 11) is -4.61. The van der Waals surface area contributed by atoms with Crippen LogP contribution < -0.4 is 0 Å². The van der Waals surface area contributed by atoms with Gasteiger partial charge in [0.25, 0.3) is 0 Å². The van der Waals surface area contributed by atoms with E-state index in [4.69, 9.17) is 19.2 Å². The molecule has 0 saturated heterocycles. The molecule has 4 N–H and O–H groups in total. The third-order valence-electron chi connectivity index (χ3n) is 0. The minimum atomic E-state index is -4.61. The summed E-state index contributed by atoms with van der Waals surface area (Å²) >= 11 is 0. The van der Waals surface area contributed by atoms with E-state index in [0.717, 1.165) is 0 Å². The summed E-state index contributed by atoms with van der Waals surface area (Å²) < 4.78 is 0. The van der Waals surface area contributed by atoms with Gasteiger partial charge in [-0.1, -0.05) is 0 Å². The van der Waals surface area contributed by atoms with Gasteiger partial charge in [0.05, 0.1) is 0 Å². The molecule has 7 heavy (non-hydrogen) atoms. The molecule has 0 aromatic rings. The van der Waals surface area contributed by atoms with E-state index >= 15 is 0 Å². The van der Waals surface area contributed by atoms with Crippen molar-refractivity contribution >= 4 is 32.4 Å². The Morgan fingerprint density at radius 2 is 0.857 bits per heavy atom. The van der Waals surface area contributed by atoms with Crippen molar-refractivity contribution in [1.29, 1.82) is 0 Å². The average molecular weight is 165 g/mol. The van der Waals surface area contributed by atoms with Crippen LogP contribution in [0.5, 0.6) is 0 Å². The summed E-state index contributed by atoms with van der Waals surface area (Å²) in [6.07, 6.45) is 0. The molecule has 0 aromatic carbocycles. The third-order valence-corrected chi connectivity index (χ3v) is 0. The zero-order chi connectivity index (χ0) is 4.50. The molecule has 0 aliphatic rings. The molecule has 0 radical (unpaired) electrons. The lowest BCUT2D eigenvalue weighted by atomic mass is 15.7. The molecule has 48 valence electrons. The first-order valence-corrected chi connectivity index (χ1v) is 2.68. The van der Waals surface area contributed by atoms with Crippen LogP contribution in [0.3, 0.4) is 0 Å². The van der Waals surface area contributed by atoms with Gasteiger partial charge in [0.15, 0.2) is 0 Å². The van der Waals surface area contributed by atoms with Crippen LogP contribution >= 0.6 is 12.4 Å². The van der Waals surface area contributed by atoms with Gasteiger partial charge in [-0.25, -0.2) is 0 Å². The van der Waals surface area contributed by atoms with E-state index in [1.54, 1.807) is 0 Å². The monoisotopic (exact) mass is 164 g/mol. The van der Waals surface area contributed by atoms with E-state index in [1.807, 2.05) is 0 Å². The Balaban J connectivity index is -0.0000000800. The fraction of sp³-hybridized carbons (Fsp3) is 0. The summed E-state index contributed by atoms with van der Waals surface area (Å²) in [5.41, 5.74) is 0. The van der Waals surface area contributed by atoms with Gasteiger partial charge >= 0.3 is 9.05 Å². The molecule has 0 atom stereocenters. The first kappa shape index (κ1) is 15.6. The summed E-state index contributed by atoms with van der Waals surface area (Å²) in [4.78, 5) is 29.3. The highest BCUT2D eigenvalue weighted by Gasteiger charge is 2.22. The van der Waals surface area contributed by atoms with Crippen molar-refractivity contribution in [3.63, 3.8) is 0 Å². The zero-order valence-electron chi connectivity index (χ0n) is 2.70. The summed E-state index contributed by atoms with van der Waals surface area (Å²) in [5, 5.41) is 0. The lowest BCUT2D eigenvalue weighted by molar-refractivity contribution is 0.117. The van der Waals surface area contributed by atoms with Crippen molar-refractivity contribution in [2.45, 2.75) is 0 Å².